The molecule has 178 valence electrons. The van der Waals surface area contributed by atoms with Gasteiger partial charge in [0.2, 0.25) is 5.91 Å². The van der Waals surface area contributed by atoms with Crippen molar-refractivity contribution < 1.29 is 14.3 Å². The molecule has 7 nitrogen and oxygen atoms in total. The highest BCUT2D eigenvalue weighted by molar-refractivity contribution is 7.99. The van der Waals surface area contributed by atoms with Gasteiger partial charge in [-0.3, -0.25) is 4.79 Å². The molecule has 0 spiro atoms. The number of benzene rings is 2. The average molecular weight is 479 g/mol. The largest absolute Gasteiger partial charge is 0.497 e. The van der Waals surface area contributed by atoms with Crippen molar-refractivity contribution in [1.29, 1.82) is 0 Å². The molecule has 0 aliphatic carbocycles. The second kappa shape index (κ2) is 11.2. The van der Waals surface area contributed by atoms with Crippen molar-refractivity contribution in [1.82, 2.24) is 15.3 Å². The lowest BCUT2D eigenvalue weighted by molar-refractivity contribution is -0.125. The summed E-state index contributed by atoms with van der Waals surface area (Å²) in [5.74, 6) is 2.18. The Kier molecular flexibility index (Phi) is 7.90. The first kappa shape index (κ1) is 23.9. The predicted molar refractivity (Wildman–Crippen MR) is 134 cm³/mol. The van der Waals surface area contributed by atoms with Gasteiger partial charge in [0, 0.05) is 48.6 Å². The average Bonchev–Trinajstić information content (AvgIpc) is 2.87. The van der Waals surface area contributed by atoms with E-state index in [0.29, 0.717) is 18.8 Å². The molecular weight excluding hydrogens is 448 g/mol. The summed E-state index contributed by atoms with van der Waals surface area (Å²) in [5.41, 5.74) is 2.12. The maximum absolute atomic E-state index is 13.0. The highest BCUT2D eigenvalue weighted by Crippen LogP contribution is 2.34. The molecule has 8 heteroatoms. The van der Waals surface area contributed by atoms with E-state index in [1.807, 2.05) is 24.3 Å². The van der Waals surface area contributed by atoms with Crippen molar-refractivity contribution in [3.63, 3.8) is 0 Å². The zero-order valence-corrected chi connectivity index (χ0v) is 20.6. The van der Waals surface area contributed by atoms with Gasteiger partial charge in [-0.25, -0.2) is 9.97 Å². The Morgan fingerprint density at radius 3 is 2.79 bits per heavy atom. The van der Waals surface area contributed by atoms with E-state index in [-0.39, 0.29) is 11.8 Å². The van der Waals surface area contributed by atoms with Gasteiger partial charge in [-0.1, -0.05) is 29.5 Å². The second-order valence-corrected chi connectivity index (χ2v) is 9.35. The first-order chi connectivity index (χ1) is 16.6. The summed E-state index contributed by atoms with van der Waals surface area (Å²) in [4.78, 5) is 25.6. The lowest BCUT2D eigenvalue weighted by atomic mass is 9.97. The minimum atomic E-state index is -0.114. The third-order valence-electron chi connectivity index (χ3n) is 5.89. The normalized spacial score (nSPS) is 15.6. The minimum absolute atomic E-state index is 0.0411. The smallest absolute Gasteiger partial charge is 0.225 e. The second-order valence-electron chi connectivity index (χ2n) is 8.28. The van der Waals surface area contributed by atoms with Crippen molar-refractivity contribution >= 4 is 23.5 Å². The van der Waals surface area contributed by atoms with Gasteiger partial charge in [0.1, 0.15) is 16.5 Å². The predicted octanol–water partition coefficient (Wildman–Crippen LogP) is 4.49. The number of hydrogen-bond acceptors (Lipinski definition) is 7. The summed E-state index contributed by atoms with van der Waals surface area (Å²) < 4.78 is 10.7. The lowest BCUT2D eigenvalue weighted by Gasteiger charge is -2.33. The fraction of sp³-hybridized carbons (Fsp3) is 0.346. The molecule has 1 aromatic heterocycles. The van der Waals surface area contributed by atoms with Crippen LogP contribution in [0.2, 0.25) is 0 Å². The monoisotopic (exact) mass is 478 g/mol. The third-order valence-corrected chi connectivity index (χ3v) is 6.86. The molecule has 1 amide bonds. The first-order valence-corrected chi connectivity index (χ1v) is 12.2. The molecule has 1 saturated heterocycles. The molecule has 1 N–H and O–H groups in total. The highest BCUT2D eigenvalue weighted by Gasteiger charge is 2.28. The number of anilines is 1. The van der Waals surface area contributed by atoms with E-state index >= 15 is 0 Å². The number of ether oxygens (including phenoxy) is 2. The maximum atomic E-state index is 13.0. The Balaban J connectivity index is 1.42. The number of rotatable bonds is 8. The number of methoxy groups -OCH3 is 2. The number of aromatic nitrogens is 2. The third kappa shape index (κ3) is 5.80. The van der Waals surface area contributed by atoms with Crippen molar-refractivity contribution in [2.24, 2.45) is 5.92 Å². The summed E-state index contributed by atoms with van der Waals surface area (Å²) in [7, 11) is 3.24. The summed E-state index contributed by atoms with van der Waals surface area (Å²) in [5, 5.41) is 3.94. The number of piperidine rings is 1. The van der Waals surface area contributed by atoms with E-state index in [9.17, 15) is 4.79 Å². The van der Waals surface area contributed by atoms with E-state index < -0.39 is 0 Å². The molecule has 1 aliphatic heterocycles. The Morgan fingerprint density at radius 2 is 2.00 bits per heavy atom. The van der Waals surface area contributed by atoms with Crippen LogP contribution in [0.4, 0.5) is 5.82 Å². The van der Waals surface area contributed by atoms with Crippen LogP contribution in [0, 0.1) is 12.8 Å². The topological polar surface area (TPSA) is 76.6 Å². The van der Waals surface area contributed by atoms with Crippen LogP contribution >= 0.6 is 11.8 Å². The molecule has 0 unspecified atom stereocenters. The van der Waals surface area contributed by atoms with Crippen molar-refractivity contribution in [2.75, 3.05) is 32.2 Å². The maximum Gasteiger partial charge on any atom is 0.225 e. The number of nitrogens with zero attached hydrogens (tertiary/aromatic N) is 3. The van der Waals surface area contributed by atoms with E-state index in [1.54, 1.807) is 38.4 Å². The Labute approximate surface area is 204 Å². The summed E-state index contributed by atoms with van der Waals surface area (Å²) in [6.45, 7) is 3.96. The van der Waals surface area contributed by atoms with Gasteiger partial charge in [-0.2, -0.15) is 0 Å². The quantitative estimate of drug-likeness (QED) is 0.511. The van der Waals surface area contributed by atoms with Gasteiger partial charge in [0.25, 0.3) is 0 Å². The number of carbonyl (C=O) groups excluding carboxylic acids is 1. The zero-order chi connectivity index (χ0) is 23.9. The van der Waals surface area contributed by atoms with Crippen molar-refractivity contribution in [3.05, 3.63) is 66.0 Å². The Morgan fingerprint density at radius 1 is 1.15 bits per heavy atom. The van der Waals surface area contributed by atoms with Crippen LogP contribution in [0.15, 0.2) is 64.8 Å². The summed E-state index contributed by atoms with van der Waals surface area (Å²) in [6, 6.07) is 14.0. The van der Waals surface area contributed by atoms with Crippen LogP contribution in [0.25, 0.3) is 0 Å². The fourth-order valence-corrected chi connectivity index (χ4v) is 5.11. The first-order valence-electron chi connectivity index (χ1n) is 11.4. The van der Waals surface area contributed by atoms with Crippen LogP contribution in [0.1, 0.15) is 24.0 Å². The van der Waals surface area contributed by atoms with Gasteiger partial charge < -0.3 is 19.7 Å². The SMILES string of the molecule is COc1ccc(CNC(=O)[C@H]2CCCN(c3nccnc3Sc3cccc(C)c3)C2)c(OC)c1. The Bertz CT molecular complexity index is 1140. The van der Waals surface area contributed by atoms with Crippen LogP contribution in [-0.2, 0) is 11.3 Å². The van der Waals surface area contributed by atoms with Gasteiger partial charge >= 0.3 is 0 Å². The van der Waals surface area contributed by atoms with E-state index in [4.69, 9.17) is 9.47 Å². The molecule has 1 aliphatic rings. The van der Waals surface area contributed by atoms with Gasteiger partial charge in [0.15, 0.2) is 5.82 Å². The molecule has 0 saturated carbocycles. The van der Waals surface area contributed by atoms with Gasteiger partial charge in [-0.05, 0) is 44.0 Å². The van der Waals surface area contributed by atoms with Crippen LogP contribution in [0.3, 0.4) is 0 Å². The molecular formula is C26H30N4O3S. The van der Waals surface area contributed by atoms with E-state index in [0.717, 1.165) is 46.4 Å². The Hall–Kier alpha value is -3.26. The molecule has 2 heterocycles. The molecule has 0 bridgehead atoms. The van der Waals surface area contributed by atoms with E-state index in [2.05, 4.69) is 45.3 Å². The lowest BCUT2D eigenvalue weighted by Crippen LogP contribution is -2.43. The van der Waals surface area contributed by atoms with Gasteiger partial charge in [-0.15, -0.1) is 0 Å². The number of aryl methyl sites for hydroxylation is 1. The van der Waals surface area contributed by atoms with Crippen molar-refractivity contribution in [3.8, 4) is 11.5 Å². The number of hydrogen-bond donors (Lipinski definition) is 1. The molecule has 2 aromatic carbocycles. The summed E-state index contributed by atoms with van der Waals surface area (Å²) >= 11 is 1.61. The number of carbonyl (C=O) groups is 1. The highest BCUT2D eigenvalue weighted by atomic mass is 32.2. The van der Waals surface area contributed by atoms with Crippen LogP contribution in [0.5, 0.6) is 11.5 Å². The zero-order valence-electron chi connectivity index (χ0n) is 19.8. The van der Waals surface area contributed by atoms with Crippen molar-refractivity contribution in [2.45, 2.75) is 36.2 Å². The summed E-state index contributed by atoms with van der Waals surface area (Å²) in [6.07, 6.45) is 5.21. The fourth-order valence-electron chi connectivity index (χ4n) is 4.11. The molecule has 3 aromatic rings. The molecule has 1 atom stereocenters. The molecule has 1 fully saturated rings. The number of amides is 1. The van der Waals surface area contributed by atoms with Gasteiger partial charge in [0.05, 0.1) is 20.1 Å². The van der Waals surface area contributed by atoms with Crippen LogP contribution < -0.4 is 19.7 Å². The molecule has 4 rings (SSSR count). The standard InChI is InChI=1S/C26H30N4O3S/c1-18-6-4-8-22(14-18)34-26-24(27-11-12-28-26)30-13-5-7-20(17-30)25(31)29-16-19-9-10-21(32-2)15-23(19)33-3/h4,6,8-12,14-15,20H,5,7,13,16-17H2,1-3H3,(H,29,31)/t20-/m0/s1. The van der Waals surface area contributed by atoms with E-state index in [1.165, 1.54) is 5.56 Å². The molecule has 34 heavy (non-hydrogen) atoms. The number of nitrogens with one attached hydrogen (secondary N) is 1. The molecule has 0 radical (unpaired) electrons. The minimum Gasteiger partial charge on any atom is -0.497 e. The van der Waals surface area contributed by atoms with Crippen LogP contribution in [-0.4, -0.2) is 43.2 Å².